The SMILES string of the molecule is CCN(CC)C(=O)c1cncc(Nc2ccccc2OC(C)C)c1. The maximum atomic E-state index is 12.5. The van der Waals surface area contributed by atoms with E-state index in [4.69, 9.17) is 4.74 Å². The van der Waals surface area contributed by atoms with Crippen LogP contribution in [0.25, 0.3) is 0 Å². The second-order valence-electron chi connectivity index (χ2n) is 5.73. The third kappa shape index (κ3) is 4.47. The van der Waals surface area contributed by atoms with Crippen LogP contribution in [0.2, 0.25) is 0 Å². The number of para-hydroxylation sites is 2. The molecule has 0 bridgehead atoms. The summed E-state index contributed by atoms with van der Waals surface area (Å²) in [7, 11) is 0. The standard InChI is InChI=1S/C19H25N3O2/c1-5-22(6-2)19(23)15-11-16(13-20-12-15)21-17-9-7-8-10-18(17)24-14(3)4/h7-14,21H,5-6H2,1-4H3. The molecule has 0 unspecified atom stereocenters. The molecule has 128 valence electrons. The predicted molar refractivity (Wildman–Crippen MR) is 97.0 cm³/mol. The van der Waals surface area contributed by atoms with Crippen LogP contribution in [0.4, 0.5) is 11.4 Å². The van der Waals surface area contributed by atoms with Crippen molar-refractivity contribution in [2.24, 2.45) is 0 Å². The molecule has 0 saturated heterocycles. The van der Waals surface area contributed by atoms with Gasteiger partial charge in [-0.25, -0.2) is 0 Å². The summed E-state index contributed by atoms with van der Waals surface area (Å²) in [6.45, 7) is 9.27. The van der Waals surface area contributed by atoms with Gasteiger partial charge in [0, 0.05) is 19.3 Å². The van der Waals surface area contributed by atoms with E-state index >= 15 is 0 Å². The zero-order valence-corrected chi connectivity index (χ0v) is 14.7. The van der Waals surface area contributed by atoms with E-state index in [1.165, 1.54) is 0 Å². The monoisotopic (exact) mass is 327 g/mol. The molecular weight excluding hydrogens is 302 g/mol. The molecule has 0 saturated carbocycles. The number of carbonyl (C=O) groups is 1. The minimum absolute atomic E-state index is 0.0112. The highest BCUT2D eigenvalue weighted by atomic mass is 16.5. The van der Waals surface area contributed by atoms with Crippen LogP contribution < -0.4 is 10.1 Å². The van der Waals surface area contributed by atoms with Crippen LogP contribution in [0.1, 0.15) is 38.1 Å². The summed E-state index contributed by atoms with van der Waals surface area (Å²) in [6, 6.07) is 9.55. The van der Waals surface area contributed by atoms with Crippen LogP contribution in [0.15, 0.2) is 42.7 Å². The predicted octanol–water partition coefficient (Wildman–Crippen LogP) is 4.09. The van der Waals surface area contributed by atoms with Crippen molar-refractivity contribution in [1.82, 2.24) is 9.88 Å². The van der Waals surface area contributed by atoms with E-state index in [1.54, 1.807) is 17.3 Å². The van der Waals surface area contributed by atoms with Gasteiger partial charge in [0.1, 0.15) is 5.75 Å². The lowest BCUT2D eigenvalue weighted by atomic mass is 10.2. The van der Waals surface area contributed by atoms with E-state index in [9.17, 15) is 4.79 Å². The molecule has 1 amide bonds. The summed E-state index contributed by atoms with van der Waals surface area (Å²) in [5.41, 5.74) is 2.18. The summed E-state index contributed by atoms with van der Waals surface area (Å²) in [5.74, 6) is 0.760. The number of benzene rings is 1. The number of aromatic nitrogens is 1. The van der Waals surface area contributed by atoms with Gasteiger partial charge in [-0.15, -0.1) is 0 Å². The van der Waals surface area contributed by atoms with Crippen molar-refractivity contribution < 1.29 is 9.53 Å². The van der Waals surface area contributed by atoms with Crippen LogP contribution in [-0.4, -0.2) is 35.0 Å². The minimum Gasteiger partial charge on any atom is -0.489 e. The topological polar surface area (TPSA) is 54.5 Å². The number of hydrogen-bond acceptors (Lipinski definition) is 4. The number of rotatable bonds is 7. The third-order valence-electron chi connectivity index (χ3n) is 3.56. The van der Waals surface area contributed by atoms with Gasteiger partial charge in [-0.3, -0.25) is 9.78 Å². The van der Waals surface area contributed by atoms with E-state index in [0.717, 1.165) is 17.1 Å². The fourth-order valence-electron chi connectivity index (χ4n) is 2.40. The molecule has 2 rings (SSSR count). The second kappa shape index (κ2) is 8.34. The van der Waals surface area contributed by atoms with Crippen LogP contribution in [0.3, 0.4) is 0 Å². The number of nitrogens with zero attached hydrogens (tertiary/aromatic N) is 2. The Labute approximate surface area is 143 Å². The van der Waals surface area contributed by atoms with Gasteiger partial charge >= 0.3 is 0 Å². The Morgan fingerprint density at radius 3 is 2.58 bits per heavy atom. The molecule has 1 N–H and O–H groups in total. The lowest BCUT2D eigenvalue weighted by Gasteiger charge is -2.19. The minimum atomic E-state index is -0.0112. The molecule has 0 aliphatic carbocycles. The lowest BCUT2D eigenvalue weighted by Crippen LogP contribution is -2.30. The van der Waals surface area contributed by atoms with Crippen LogP contribution in [0, 0.1) is 0 Å². The van der Waals surface area contributed by atoms with Gasteiger partial charge in [-0.05, 0) is 45.9 Å². The molecule has 0 fully saturated rings. The van der Waals surface area contributed by atoms with E-state index in [0.29, 0.717) is 18.7 Å². The fourth-order valence-corrected chi connectivity index (χ4v) is 2.40. The Hall–Kier alpha value is -2.56. The average molecular weight is 327 g/mol. The van der Waals surface area contributed by atoms with Crippen molar-refractivity contribution in [3.05, 3.63) is 48.3 Å². The highest BCUT2D eigenvalue weighted by Crippen LogP contribution is 2.28. The van der Waals surface area contributed by atoms with Gasteiger partial charge < -0.3 is 15.0 Å². The molecule has 5 nitrogen and oxygen atoms in total. The molecule has 0 atom stereocenters. The van der Waals surface area contributed by atoms with Gasteiger partial charge in [0.2, 0.25) is 0 Å². The van der Waals surface area contributed by atoms with Crippen LogP contribution >= 0.6 is 0 Å². The van der Waals surface area contributed by atoms with E-state index in [1.807, 2.05) is 58.0 Å². The highest BCUT2D eigenvalue weighted by molar-refractivity contribution is 5.95. The van der Waals surface area contributed by atoms with Gasteiger partial charge in [-0.2, -0.15) is 0 Å². The van der Waals surface area contributed by atoms with Crippen molar-refractivity contribution in [1.29, 1.82) is 0 Å². The van der Waals surface area contributed by atoms with Gasteiger partial charge in [0.15, 0.2) is 0 Å². The molecule has 0 aliphatic heterocycles. The van der Waals surface area contributed by atoms with E-state index in [-0.39, 0.29) is 12.0 Å². The summed E-state index contributed by atoms with van der Waals surface area (Å²) < 4.78 is 5.81. The third-order valence-corrected chi connectivity index (χ3v) is 3.56. The smallest absolute Gasteiger partial charge is 0.255 e. The molecule has 1 aromatic carbocycles. The first-order chi connectivity index (χ1) is 11.5. The number of carbonyl (C=O) groups excluding carboxylic acids is 1. The zero-order valence-electron chi connectivity index (χ0n) is 14.7. The zero-order chi connectivity index (χ0) is 17.5. The molecule has 0 spiro atoms. The number of nitrogens with one attached hydrogen (secondary N) is 1. The van der Waals surface area contributed by atoms with Crippen LogP contribution in [0.5, 0.6) is 5.75 Å². The van der Waals surface area contributed by atoms with E-state index < -0.39 is 0 Å². The van der Waals surface area contributed by atoms with Crippen molar-refractivity contribution in [3.63, 3.8) is 0 Å². The Bertz CT molecular complexity index is 682. The first-order valence-corrected chi connectivity index (χ1v) is 8.32. The largest absolute Gasteiger partial charge is 0.489 e. The Kier molecular flexibility index (Phi) is 6.18. The van der Waals surface area contributed by atoms with Crippen molar-refractivity contribution in [2.75, 3.05) is 18.4 Å². The number of pyridine rings is 1. The van der Waals surface area contributed by atoms with Gasteiger partial charge in [0.05, 0.1) is 29.2 Å². The van der Waals surface area contributed by atoms with Gasteiger partial charge in [0.25, 0.3) is 5.91 Å². The lowest BCUT2D eigenvalue weighted by molar-refractivity contribution is 0.0772. The maximum Gasteiger partial charge on any atom is 0.255 e. The first-order valence-electron chi connectivity index (χ1n) is 8.32. The van der Waals surface area contributed by atoms with Crippen molar-refractivity contribution >= 4 is 17.3 Å². The molecule has 1 aromatic heterocycles. The Morgan fingerprint density at radius 1 is 1.21 bits per heavy atom. The second-order valence-corrected chi connectivity index (χ2v) is 5.73. The normalized spacial score (nSPS) is 10.5. The summed E-state index contributed by atoms with van der Waals surface area (Å²) in [5, 5.41) is 3.29. The Morgan fingerprint density at radius 2 is 1.92 bits per heavy atom. The highest BCUT2D eigenvalue weighted by Gasteiger charge is 2.14. The summed E-state index contributed by atoms with van der Waals surface area (Å²) in [6.07, 6.45) is 3.38. The molecule has 1 heterocycles. The molecule has 0 radical (unpaired) electrons. The van der Waals surface area contributed by atoms with Crippen molar-refractivity contribution in [3.8, 4) is 5.75 Å². The number of amides is 1. The van der Waals surface area contributed by atoms with Gasteiger partial charge in [-0.1, -0.05) is 12.1 Å². The molecule has 0 aliphatic rings. The Balaban J connectivity index is 2.23. The quantitative estimate of drug-likeness (QED) is 0.832. The molecule has 2 aromatic rings. The maximum absolute atomic E-state index is 12.5. The number of hydrogen-bond donors (Lipinski definition) is 1. The number of ether oxygens (including phenoxy) is 1. The van der Waals surface area contributed by atoms with Crippen molar-refractivity contribution in [2.45, 2.75) is 33.8 Å². The first kappa shape index (κ1) is 17.8. The molecular formula is C19H25N3O2. The average Bonchev–Trinajstić information content (AvgIpc) is 2.57. The molecule has 5 heteroatoms. The van der Waals surface area contributed by atoms with Crippen LogP contribution in [-0.2, 0) is 0 Å². The summed E-state index contributed by atoms with van der Waals surface area (Å²) in [4.78, 5) is 18.4. The summed E-state index contributed by atoms with van der Waals surface area (Å²) >= 11 is 0. The molecule has 24 heavy (non-hydrogen) atoms. The number of anilines is 2. The fraction of sp³-hybridized carbons (Fsp3) is 0.368. The van der Waals surface area contributed by atoms with E-state index in [2.05, 4.69) is 10.3 Å².